The Morgan fingerprint density at radius 1 is 1.14 bits per heavy atom. The number of ether oxygens (including phenoxy) is 1. The Labute approximate surface area is 249 Å². The molecule has 0 bridgehead atoms. The lowest BCUT2D eigenvalue weighted by Gasteiger charge is -2.24. The summed E-state index contributed by atoms with van der Waals surface area (Å²) in [6.07, 6.45) is 7.93. The van der Waals surface area contributed by atoms with Gasteiger partial charge < -0.3 is 18.6 Å². The van der Waals surface area contributed by atoms with E-state index in [0.29, 0.717) is 53.7 Å². The smallest absolute Gasteiger partial charge is 0.156 e. The Hall–Kier alpha value is -3.88. The molecule has 42 heavy (non-hydrogen) atoms. The van der Waals surface area contributed by atoms with Crippen molar-refractivity contribution in [1.29, 1.82) is 0 Å². The van der Waals surface area contributed by atoms with Crippen LogP contribution in [0.15, 0.2) is 71.2 Å². The summed E-state index contributed by atoms with van der Waals surface area (Å²) in [5.41, 5.74) is 5.74. The number of aliphatic hydroxyl groups excluding tert-OH is 1. The highest BCUT2D eigenvalue weighted by Gasteiger charge is 2.30. The van der Waals surface area contributed by atoms with Gasteiger partial charge in [-0.1, -0.05) is 30.1 Å². The number of carbonyl (C=O) groups is 2. The first-order valence-electron chi connectivity index (χ1n) is 14.1. The number of aliphatic hydroxyl groups is 1. The monoisotopic (exact) mass is 587 g/mol. The minimum Gasteiger partial charge on any atom is -0.507 e. The SMILES string of the molecule is CSN(CCOCCCc1cccc(C(O)=CC(C)=O)c1)c1cc2oc(-c3ccc(F)cc3)c(C=O)c2cc1C1CC1. The molecule has 1 N–H and O–H groups in total. The molecule has 1 aliphatic rings. The van der Waals surface area contributed by atoms with Crippen molar-refractivity contribution < 1.29 is 28.2 Å². The van der Waals surface area contributed by atoms with Gasteiger partial charge in [-0.25, -0.2) is 4.39 Å². The molecule has 0 amide bonds. The van der Waals surface area contributed by atoms with Gasteiger partial charge in [-0.3, -0.25) is 9.59 Å². The van der Waals surface area contributed by atoms with Crippen molar-refractivity contribution in [3.8, 4) is 11.3 Å². The van der Waals surface area contributed by atoms with Gasteiger partial charge in [0, 0.05) is 41.5 Å². The van der Waals surface area contributed by atoms with E-state index in [2.05, 4.69) is 10.4 Å². The van der Waals surface area contributed by atoms with Gasteiger partial charge in [0.1, 0.15) is 22.9 Å². The van der Waals surface area contributed by atoms with Crippen molar-refractivity contribution in [2.75, 3.05) is 30.3 Å². The van der Waals surface area contributed by atoms with Crippen molar-refractivity contribution in [2.45, 2.75) is 38.5 Å². The fraction of sp³-hybridized carbons (Fsp3) is 0.294. The minimum absolute atomic E-state index is 0.0230. The molecule has 0 atom stereocenters. The number of hydrogen-bond acceptors (Lipinski definition) is 7. The summed E-state index contributed by atoms with van der Waals surface area (Å²) in [6.45, 7) is 3.23. The number of benzene rings is 3. The van der Waals surface area contributed by atoms with Crippen LogP contribution in [-0.4, -0.2) is 43.2 Å². The Balaban J connectivity index is 1.24. The Morgan fingerprint density at radius 3 is 2.62 bits per heavy atom. The van der Waals surface area contributed by atoms with Gasteiger partial charge in [-0.2, -0.15) is 0 Å². The molecule has 0 unspecified atom stereocenters. The third kappa shape index (κ3) is 6.94. The van der Waals surface area contributed by atoms with Gasteiger partial charge in [0.25, 0.3) is 0 Å². The molecule has 0 saturated heterocycles. The van der Waals surface area contributed by atoms with Gasteiger partial charge in [-0.05, 0) is 86.1 Å². The molecule has 218 valence electrons. The molecule has 0 spiro atoms. The van der Waals surface area contributed by atoms with E-state index in [1.54, 1.807) is 30.1 Å². The third-order valence-electron chi connectivity index (χ3n) is 7.36. The van der Waals surface area contributed by atoms with E-state index in [1.807, 2.05) is 30.5 Å². The van der Waals surface area contributed by atoms with Crippen LogP contribution in [0.25, 0.3) is 28.1 Å². The average molecular weight is 588 g/mol. The lowest BCUT2D eigenvalue weighted by Crippen LogP contribution is -2.21. The maximum atomic E-state index is 13.5. The second kappa shape index (κ2) is 13.4. The van der Waals surface area contributed by atoms with E-state index >= 15 is 0 Å². The van der Waals surface area contributed by atoms with Gasteiger partial charge in [0.2, 0.25) is 0 Å². The minimum atomic E-state index is -0.341. The number of hydrogen-bond donors (Lipinski definition) is 1. The van der Waals surface area contributed by atoms with E-state index in [1.165, 1.54) is 30.7 Å². The van der Waals surface area contributed by atoms with E-state index in [9.17, 15) is 19.1 Å². The van der Waals surface area contributed by atoms with Crippen LogP contribution in [0.4, 0.5) is 10.1 Å². The Bertz CT molecular complexity index is 1610. The number of allylic oxidation sites excluding steroid dienone is 1. The number of aryl methyl sites for hydroxylation is 1. The molecule has 1 saturated carbocycles. The van der Waals surface area contributed by atoms with Crippen LogP contribution >= 0.6 is 11.9 Å². The largest absolute Gasteiger partial charge is 0.507 e. The zero-order valence-electron chi connectivity index (χ0n) is 23.8. The second-order valence-electron chi connectivity index (χ2n) is 10.5. The zero-order chi connectivity index (χ0) is 29.6. The number of anilines is 1. The number of carbonyl (C=O) groups excluding carboxylic acids is 2. The zero-order valence-corrected chi connectivity index (χ0v) is 24.6. The van der Waals surface area contributed by atoms with Gasteiger partial charge >= 0.3 is 0 Å². The maximum Gasteiger partial charge on any atom is 0.156 e. The lowest BCUT2D eigenvalue weighted by atomic mass is 10.0. The van der Waals surface area contributed by atoms with Gasteiger partial charge in [0.05, 0.1) is 24.4 Å². The molecule has 0 radical (unpaired) electrons. The van der Waals surface area contributed by atoms with E-state index in [0.717, 1.165) is 48.6 Å². The van der Waals surface area contributed by atoms with Crippen LogP contribution < -0.4 is 4.31 Å². The molecular weight excluding hydrogens is 553 g/mol. The number of fused-ring (bicyclic) bond motifs is 1. The number of furan rings is 1. The number of aldehydes is 1. The van der Waals surface area contributed by atoms with Crippen LogP contribution in [0.3, 0.4) is 0 Å². The highest BCUT2D eigenvalue weighted by molar-refractivity contribution is 7.99. The summed E-state index contributed by atoms with van der Waals surface area (Å²) >= 11 is 1.62. The highest BCUT2D eigenvalue weighted by Crippen LogP contribution is 2.48. The second-order valence-corrected chi connectivity index (χ2v) is 11.3. The molecule has 1 fully saturated rings. The van der Waals surface area contributed by atoms with Crippen molar-refractivity contribution in [1.82, 2.24) is 0 Å². The Morgan fingerprint density at radius 2 is 1.93 bits per heavy atom. The van der Waals surface area contributed by atoms with Crippen molar-refractivity contribution >= 4 is 46.4 Å². The van der Waals surface area contributed by atoms with Crippen LogP contribution in [0, 0.1) is 5.82 Å². The standard InChI is InChI=1S/C34H34FNO5S/c1-22(38)17-32(39)26-7-3-5-23(18-26)6-4-15-40-16-14-36(42-2)31-20-33-29(19-28(31)24-8-9-24)30(21-37)34(41-33)25-10-12-27(35)13-11-25/h3,5,7,10-13,17-21,24,39H,4,6,8-9,14-16H2,1-2H3. The van der Waals surface area contributed by atoms with E-state index < -0.39 is 0 Å². The first kappa shape index (κ1) is 29.6. The molecule has 1 heterocycles. The summed E-state index contributed by atoms with van der Waals surface area (Å²) < 4.78 is 27.9. The summed E-state index contributed by atoms with van der Waals surface area (Å²) in [5, 5.41) is 10.9. The fourth-order valence-electron chi connectivity index (χ4n) is 5.14. The van der Waals surface area contributed by atoms with Crippen molar-refractivity contribution in [2.24, 2.45) is 0 Å². The maximum absolute atomic E-state index is 13.5. The molecule has 1 aromatic heterocycles. The summed E-state index contributed by atoms with van der Waals surface area (Å²) in [7, 11) is 0. The fourth-order valence-corrected chi connectivity index (χ4v) is 5.75. The quantitative estimate of drug-likeness (QED) is 0.0524. The molecule has 6 nitrogen and oxygen atoms in total. The van der Waals surface area contributed by atoms with Crippen LogP contribution in [0.1, 0.15) is 59.2 Å². The van der Waals surface area contributed by atoms with Crippen molar-refractivity contribution in [3.63, 3.8) is 0 Å². The predicted octanol–water partition coefficient (Wildman–Crippen LogP) is 8.15. The topological polar surface area (TPSA) is 80.0 Å². The molecule has 1 aliphatic carbocycles. The number of halogens is 1. The normalized spacial score (nSPS) is 13.5. The van der Waals surface area contributed by atoms with Crippen LogP contribution in [0.5, 0.6) is 0 Å². The lowest BCUT2D eigenvalue weighted by molar-refractivity contribution is -0.112. The van der Waals surface area contributed by atoms with Gasteiger partial charge in [0.15, 0.2) is 12.1 Å². The highest BCUT2D eigenvalue weighted by atomic mass is 32.2. The molecule has 4 aromatic rings. The summed E-state index contributed by atoms with van der Waals surface area (Å²) in [4.78, 5) is 23.4. The first-order valence-corrected chi connectivity index (χ1v) is 15.3. The molecule has 3 aromatic carbocycles. The molecular formula is C34H34FNO5S. The summed E-state index contributed by atoms with van der Waals surface area (Å²) in [5.74, 6) is 0.342. The number of rotatable bonds is 14. The molecule has 8 heteroatoms. The van der Waals surface area contributed by atoms with Crippen LogP contribution in [-0.2, 0) is 16.0 Å². The molecule has 5 rings (SSSR count). The first-order chi connectivity index (χ1) is 20.4. The summed E-state index contributed by atoms with van der Waals surface area (Å²) in [6, 6.07) is 17.6. The van der Waals surface area contributed by atoms with Crippen molar-refractivity contribution in [3.05, 3.63) is 94.8 Å². The average Bonchev–Trinajstić information content (AvgIpc) is 3.77. The third-order valence-corrected chi connectivity index (χ3v) is 8.18. The van der Waals surface area contributed by atoms with E-state index in [4.69, 9.17) is 9.15 Å². The number of nitrogens with zero attached hydrogens (tertiary/aromatic N) is 1. The van der Waals surface area contributed by atoms with Gasteiger partial charge in [-0.15, -0.1) is 0 Å². The molecule has 0 aliphatic heterocycles. The number of ketones is 1. The Kier molecular flexibility index (Phi) is 9.45. The van der Waals surface area contributed by atoms with Crippen LogP contribution in [0.2, 0.25) is 0 Å². The predicted molar refractivity (Wildman–Crippen MR) is 167 cm³/mol. The van der Waals surface area contributed by atoms with E-state index in [-0.39, 0.29) is 17.4 Å².